The minimum Gasteiger partial charge on any atom is -0.481 e. The quantitative estimate of drug-likeness (QED) is 0.181. The molecule has 0 aliphatic rings. The summed E-state index contributed by atoms with van der Waals surface area (Å²) in [4.78, 5) is 57.9. The molecule has 3 amide bonds. The second kappa shape index (κ2) is 11.9. The predicted molar refractivity (Wildman–Crippen MR) is 95.9 cm³/mol. The monoisotopic (exact) mass is 404 g/mol. The molecule has 0 aliphatic heterocycles. The van der Waals surface area contributed by atoms with Gasteiger partial charge >= 0.3 is 11.9 Å². The molecule has 0 aliphatic carbocycles. The molecule has 0 fully saturated rings. The molecule has 0 saturated heterocycles. The van der Waals surface area contributed by atoms with Gasteiger partial charge in [-0.25, -0.2) is 4.79 Å². The lowest BCUT2D eigenvalue weighted by molar-refractivity contribution is -0.143. The Hall–Kier alpha value is -2.73. The third-order valence-corrected chi connectivity index (χ3v) is 3.62. The number of hydrogen-bond acceptors (Lipinski definition) is 7. The van der Waals surface area contributed by atoms with Crippen molar-refractivity contribution < 1.29 is 39.3 Å². The van der Waals surface area contributed by atoms with Gasteiger partial charge in [0.15, 0.2) is 0 Å². The molecule has 4 unspecified atom stereocenters. The average molecular weight is 404 g/mol. The number of aliphatic hydroxyl groups is 1. The molecular formula is C16H28N4O8. The highest BCUT2D eigenvalue weighted by molar-refractivity contribution is 5.94. The normalized spacial score (nSPS) is 15.1. The fraction of sp³-hybridized carbons (Fsp3) is 0.688. The van der Waals surface area contributed by atoms with Gasteiger partial charge in [0.1, 0.15) is 18.1 Å². The van der Waals surface area contributed by atoms with Gasteiger partial charge in [-0.3, -0.25) is 19.2 Å². The van der Waals surface area contributed by atoms with E-state index in [1.807, 2.05) is 0 Å². The number of carbonyl (C=O) groups excluding carboxylic acids is 3. The van der Waals surface area contributed by atoms with Crippen LogP contribution in [0, 0.1) is 5.92 Å². The van der Waals surface area contributed by atoms with Crippen molar-refractivity contribution in [2.24, 2.45) is 11.7 Å². The molecule has 0 aromatic rings. The highest BCUT2D eigenvalue weighted by Gasteiger charge is 2.29. The van der Waals surface area contributed by atoms with Crippen molar-refractivity contribution in [2.75, 3.05) is 6.61 Å². The van der Waals surface area contributed by atoms with E-state index in [1.165, 1.54) is 6.92 Å². The molecule has 0 rings (SSSR count). The molecule has 8 N–H and O–H groups in total. The van der Waals surface area contributed by atoms with E-state index in [9.17, 15) is 24.0 Å². The first-order valence-corrected chi connectivity index (χ1v) is 8.61. The molecule has 12 nitrogen and oxygen atoms in total. The van der Waals surface area contributed by atoms with Gasteiger partial charge in [-0.1, -0.05) is 13.8 Å². The predicted octanol–water partition coefficient (Wildman–Crippen LogP) is -2.61. The lowest BCUT2D eigenvalue weighted by Gasteiger charge is -2.24. The summed E-state index contributed by atoms with van der Waals surface area (Å²) in [6, 6.07) is -5.09. The Balaban J connectivity index is 5.00. The zero-order valence-corrected chi connectivity index (χ0v) is 16.0. The maximum atomic E-state index is 12.3. The number of aliphatic hydroxyl groups excluding tert-OH is 1. The average Bonchev–Trinajstić information content (AvgIpc) is 2.57. The Morgan fingerprint density at radius 1 is 0.857 bits per heavy atom. The lowest BCUT2D eigenvalue weighted by Crippen LogP contribution is -2.57. The number of hydrogen-bond donors (Lipinski definition) is 7. The SMILES string of the molecule is CC(C)CC(NC(=O)C(C)NC(=O)C(N)CC(=O)O)C(=O)NC(CO)C(=O)O. The van der Waals surface area contributed by atoms with Crippen LogP contribution < -0.4 is 21.7 Å². The van der Waals surface area contributed by atoms with Crippen LogP contribution in [0.5, 0.6) is 0 Å². The molecule has 160 valence electrons. The zero-order valence-electron chi connectivity index (χ0n) is 16.0. The summed E-state index contributed by atoms with van der Waals surface area (Å²) in [6.45, 7) is 4.06. The number of carboxylic acid groups (broad SMARTS) is 2. The van der Waals surface area contributed by atoms with Gasteiger partial charge in [-0.05, 0) is 19.3 Å². The highest BCUT2D eigenvalue weighted by atomic mass is 16.4. The molecular weight excluding hydrogens is 376 g/mol. The van der Waals surface area contributed by atoms with E-state index in [0.717, 1.165) is 0 Å². The van der Waals surface area contributed by atoms with Crippen molar-refractivity contribution >= 4 is 29.7 Å². The minimum absolute atomic E-state index is 0.0395. The topological polar surface area (TPSA) is 208 Å². The van der Waals surface area contributed by atoms with Crippen LogP contribution in [-0.4, -0.2) is 75.8 Å². The van der Waals surface area contributed by atoms with Gasteiger partial charge < -0.3 is 37.0 Å². The number of aliphatic carboxylic acids is 2. The molecule has 0 aromatic carbocycles. The standard InChI is InChI=1S/C16H28N4O8/c1-7(2)4-10(15(26)20-11(6-21)16(27)28)19-13(24)8(3)18-14(25)9(17)5-12(22)23/h7-11,21H,4-6,17H2,1-3H3,(H,18,25)(H,19,24)(H,20,26)(H,22,23)(H,27,28). The number of carboxylic acids is 2. The Morgan fingerprint density at radius 2 is 1.39 bits per heavy atom. The van der Waals surface area contributed by atoms with Gasteiger partial charge in [-0.15, -0.1) is 0 Å². The molecule has 0 bridgehead atoms. The van der Waals surface area contributed by atoms with Crippen LogP contribution in [0.4, 0.5) is 0 Å². The van der Waals surface area contributed by atoms with Crippen LogP contribution in [0.3, 0.4) is 0 Å². The van der Waals surface area contributed by atoms with Gasteiger partial charge in [0.25, 0.3) is 0 Å². The number of rotatable bonds is 12. The van der Waals surface area contributed by atoms with Crippen LogP contribution in [0.1, 0.15) is 33.6 Å². The summed E-state index contributed by atoms with van der Waals surface area (Å²) < 4.78 is 0. The van der Waals surface area contributed by atoms with E-state index in [4.69, 9.17) is 21.1 Å². The van der Waals surface area contributed by atoms with E-state index in [1.54, 1.807) is 13.8 Å². The van der Waals surface area contributed by atoms with Crippen molar-refractivity contribution in [3.05, 3.63) is 0 Å². The Kier molecular flexibility index (Phi) is 10.7. The minimum atomic E-state index is -1.52. The Morgan fingerprint density at radius 3 is 1.82 bits per heavy atom. The third kappa shape index (κ3) is 9.28. The van der Waals surface area contributed by atoms with E-state index in [-0.39, 0.29) is 12.3 Å². The second-order valence-corrected chi connectivity index (χ2v) is 6.71. The lowest BCUT2D eigenvalue weighted by atomic mass is 10.0. The first kappa shape index (κ1) is 25.3. The van der Waals surface area contributed by atoms with E-state index in [2.05, 4.69) is 16.0 Å². The number of nitrogens with one attached hydrogen (secondary N) is 3. The molecule has 12 heteroatoms. The summed E-state index contributed by atoms with van der Waals surface area (Å²) >= 11 is 0. The molecule has 0 saturated carbocycles. The molecule has 4 atom stereocenters. The third-order valence-electron chi connectivity index (χ3n) is 3.62. The maximum absolute atomic E-state index is 12.3. The van der Waals surface area contributed by atoms with Crippen molar-refractivity contribution in [2.45, 2.75) is 57.8 Å². The van der Waals surface area contributed by atoms with Crippen LogP contribution in [0.25, 0.3) is 0 Å². The Bertz CT molecular complexity index is 595. The largest absolute Gasteiger partial charge is 0.481 e. The summed E-state index contributed by atoms with van der Waals surface area (Å²) in [5.41, 5.74) is 5.41. The van der Waals surface area contributed by atoms with Crippen LogP contribution in [-0.2, 0) is 24.0 Å². The molecule has 0 spiro atoms. The van der Waals surface area contributed by atoms with Crippen molar-refractivity contribution in [1.82, 2.24) is 16.0 Å². The fourth-order valence-corrected chi connectivity index (χ4v) is 2.12. The number of carbonyl (C=O) groups is 5. The highest BCUT2D eigenvalue weighted by Crippen LogP contribution is 2.06. The number of nitrogens with two attached hydrogens (primary N) is 1. The van der Waals surface area contributed by atoms with E-state index >= 15 is 0 Å². The maximum Gasteiger partial charge on any atom is 0.328 e. The first-order valence-electron chi connectivity index (χ1n) is 8.61. The van der Waals surface area contributed by atoms with Crippen LogP contribution in [0.2, 0.25) is 0 Å². The molecule has 0 heterocycles. The molecule has 0 radical (unpaired) electrons. The van der Waals surface area contributed by atoms with Gasteiger partial charge in [-0.2, -0.15) is 0 Å². The molecule has 28 heavy (non-hydrogen) atoms. The summed E-state index contributed by atoms with van der Waals surface area (Å²) in [5.74, 6) is -5.13. The van der Waals surface area contributed by atoms with Crippen molar-refractivity contribution in [3.63, 3.8) is 0 Å². The van der Waals surface area contributed by atoms with E-state index < -0.39 is 66.9 Å². The summed E-state index contributed by atoms with van der Waals surface area (Å²) in [5, 5.41) is 33.3. The zero-order chi connectivity index (χ0) is 22.0. The smallest absolute Gasteiger partial charge is 0.328 e. The Labute approximate surface area is 161 Å². The van der Waals surface area contributed by atoms with Crippen LogP contribution >= 0.6 is 0 Å². The van der Waals surface area contributed by atoms with Gasteiger partial charge in [0.05, 0.1) is 19.1 Å². The van der Waals surface area contributed by atoms with Crippen molar-refractivity contribution in [1.29, 1.82) is 0 Å². The molecule has 0 aromatic heterocycles. The number of amides is 3. The van der Waals surface area contributed by atoms with Gasteiger partial charge in [0.2, 0.25) is 17.7 Å². The second-order valence-electron chi connectivity index (χ2n) is 6.71. The summed E-state index contributed by atoms with van der Waals surface area (Å²) in [7, 11) is 0. The van der Waals surface area contributed by atoms with E-state index in [0.29, 0.717) is 0 Å². The van der Waals surface area contributed by atoms with Crippen LogP contribution in [0.15, 0.2) is 0 Å². The van der Waals surface area contributed by atoms with Gasteiger partial charge in [0, 0.05) is 0 Å². The first-order chi connectivity index (χ1) is 12.9. The fourth-order valence-electron chi connectivity index (χ4n) is 2.12. The van der Waals surface area contributed by atoms with Crippen molar-refractivity contribution in [3.8, 4) is 0 Å². The summed E-state index contributed by atoms with van der Waals surface area (Å²) in [6.07, 6.45) is -0.440.